The number of rotatable bonds is 5. The van der Waals surface area contributed by atoms with Gasteiger partial charge in [0.25, 0.3) is 5.91 Å². The zero-order chi connectivity index (χ0) is 15.4. The minimum atomic E-state index is -0.412. The van der Waals surface area contributed by atoms with Gasteiger partial charge in [0.1, 0.15) is 11.5 Å². The van der Waals surface area contributed by atoms with Crippen molar-refractivity contribution >= 4 is 11.6 Å². The molecular formula is C16H20FN3O. The standard InChI is InChI=1S/C16H20FN3O/c1-3-8-20-10-12(18)9-15(20)16(21)19-11(2)13-6-4-5-7-14(13)17/h4-7,9-11H,3,8,18H2,1-2H3,(H,19,21). The highest BCUT2D eigenvalue weighted by Gasteiger charge is 2.17. The largest absolute Gasteiger partial charge is 0.397 e. The molecule has 0 radical (unpaired) electrons. The average molecular weight is 289 g/mol. The van der Waals surface area contributed by atoms with Gasteiger partial charge >= 0.3 is 0 Å². The van der Waals surface area contributed by atoms with E-state index >= 15 is 0 Å². The predicted octanol–water partition coefficient (Wildman–Crippen LogP) is 3.11. The van der Waals surface area contributed by atoms with Crippen LogP contribution >= 0.6 is 0 Å². The first-order valence-corrected chi connectivity index (χ1v) is 7.03. The number of benzene rings is 1. The Labute approximate surface area is 123 Å². The van der Waals surface area contributed by atoms with Gasteiger partial charge in [-0.3, -0.25) is 4.79 Å². The van der Waals surface area contributed by atoms with E-state index in [9.17, 15) is 9.18 Å². The van der Waals surface area contributed by atoms with Gasteiger partial charge in [-0.2, -0.15) is 0 Å². The molecule has 0 bridgehead atoms. The summed E-state index contributed by atoms with van der Waals surface area (Å²) in [5.74, 6) is -0.579. The maximum Gasteiger partial charge on any atom is 0.268 e. The van der Waals surface area contributed by atoms with Crippen LogP contribution in [-0.4, -0.2) is 10.5 Å². The van der Waals surface area contributed by atoms with Crippen LogP contribution in [0.15, 0.2) is 36.5 Å². The molecule has 1 aromatic heterocycles. The quantitative estimate of drug-likeness (QED) is 0.888. The van der Waals surface area contributed by atoms with Crippen molar-refractivity contribution in [3.05, 3.63) is 53.6 Å². The minimum absolute atomic E-state index is 0.254. The molecule has 5 heteroatoms. The average Bonchev–Trinajstić information content (AvgIpc) is 2.80. The zero-order valence-electron chi connectivity index (χ0n) is 12.3. The van der Waals surface area contributed by atoms with Gasteiger partial charge in [-0.1, -0.05) is 25.1 Å². The molecule has 2 rings (SSSR count). The molecule has 0 saturated heterocycles. The van der Waals surface area contributed by atoms with E-state index < -0.39 is 6.04 Å². The van der Waals surface area contributed by atoms with Gasteiger partial charge in [-0.05, 0) is 25.5 Å². The number of aromatic nitrogens is 1. The van der Waals surface area contributed by atoms with Crippen LogP contribution in [0.3, 0.4) is 0 Å². The fourth-order valence-corrected chi connectivity index (χ4v) is 2.32. The van der Waals surface area contributed by atoms with Crippen LogP contribution in [0.4, 0.5) is 10.1 Å². The number of carbonyl (C=O) groups is 1. The number of nitrogens with two attached hydrogens (primary N) is 1. The summed E-state index contributed by atoms with van der Waals surface area (Å²) < 4.78 is 15.5. The zero-order valence-corrected chi connectivity index (χ0v) is 12.3. The summed E-state index contributed by atoms with van der Waals surface area (Å²) in [6.45, 7) is 4.50. The van der Waals surface area contributed by atoms with Crippen LogP contribution in [0, 0.1) is 5.82 Å². The Balaban J connectivity index is 2.16. The van der Waals surface area contributed by atoms with Crippen molar-refractivity contribution in [3.8, 4) is 0 Å². The van der Waals surface area contributed by atoms with Gasteiger partial charge in [0.05, 0.1) is 11.7 Å². The highest BCUT2D eigenvalue weighted by atomic mass is 19.1. The third-order valence-electron chi connectivity index (χ3n) is 3.33. The third-order valence-corrected chi connectivity index (χ3v) is 3.33. The number of nitrogens with zero attached hydrogens (tertiary/aromatic N) is 1. The number of hydrogen-bond acceptors (Lipinski definition) is 2. The molecule has 1 amide bonds. The number of halogens is 1. The first kappa shape index (κ1) is 15.1. The first-order chi connectivity index (χ1) is 10.0. The molecule has 2 aromatic rings. The molecule has 0 aliphatic heterocycles. The molecule has 1 heterocycles. The Morgan fingerprint density at radius 2 is 2.14 bits per heavy atom. The van der Waals surface area contributed by atoms with E-state index in [0.717, 1.165) is 6.42 Å². The lowest BCUT2D eigenvalue weighted by molar-refractivity contribution is 0.0930. The summed E-state index contributed by atoms with van der Waals surface area (Å²) in [7, 11) is 0. The lowest BCUT2D eigenvalue weighted by Gasteiger charge is -2.16. The number of nitrogens with one attached hydrogen (secondary N) is 1. The molecule has 0 aliphatic carbocycles. The van der Waals surface area contributed by atoms with Crippen LogP contribution in [0.1, 0.15) is 42.4 Å². The second kappa shape index (κ2) is 6.43. The lowest BCUT2D eigenvalue weighted by Crippen LogP contribution is -2.29. The second-order valence-corrected chi connectivity index (χ2v) is 5.07. The lowest BCUT2D eigenvalue weighted by atomic mass is 10.1. The van der Waals surface area contributed by atoms with Crippen molar-refractivity contribution in [2.45, 2.75) is 32.9 Å². The van der Waals surface area contributed by atoms with Crippen molar-refractivity contribution in [2.24, 2.45) is 0 Å². The molecule has 1 aromatic carbocycles. The molecule has 0 spiro atoms. The van der Waals surface area contributed by atoms with Crippen molar-refractivity contribution in [1.29, 1.82) is 0 Å². The number of nitrogen functional groups attached to an aromatic ring is 1. The van der Waals surface area contributed by atoms with Crippen LogP contribution in [0.5, 0.6) is 0 Å². The smallest absolute Gasteiger partial charge is 0.268 e. The van der Waals surface area contributed by atoms with Gasteiger partial charge < -0.3 is 15.6 Å². The second-order valence-electron chi connectivity index (χ2n) is 5.07. The number of anilines is 1. The van der Waals surface area contributed by atoms with Gasteiger partial charge in [-0.25, -0.2) is 4.39 Å². The number of carbonyl (C=O) groups excluding carboxylic acids is 1. The molecule has 0 aliphatic rings. The SMILES string of the molecule is CCCn1cc(N)cc1C(=O)NC(C)c1ccccc1F. The van der Waals surface area contributed by atoms with Crippen LogP contribution in [0.25, 0.3) is 0 Å². The molecule has 4 nitrogen and oxygen atoms in total. The van der Waals surface area contributed by atoms with E-state index in [1.54, 1.807) is 37.4 Å². The topological polar surface area (TPSA) is 60.0 Å². The van der Waals surface area contributed by atoms with Gasteiger partial charge in [0.2, 0.25) is 0 Å². The van der Waals surface area contributed by atoms with Crippen molar-refractivity contribution in [1.82, 2.24) is 9.88 Å². The van der Waals surface area contributed by atoms with Crippen molar-refractivity contribution in [3.63, 3.8) is 0 Å². The Morgan fingerprint density at radius 1 is 1.43 bits per heavy atom. The Bertz CT molecular complexity index is 636. The number of amides is 1. The summed E-state index contributed by atoms with van der Waals surface area (Å²) in [6.07, 6.45) is 2.64. The van der Waals surface area contributed by atoms with E-state index in [1.807, 2.05) is 11.5 Å². The molecular weight excluding hydrogens is 269 g/mol. The summed E-state index contributed by atoms with van der Waals surface area (Å²) in [4.78, 5) is 12.3. The Hall–Kier alpha value is -2.30. The molecule has 3 N–H and O–H groups in total. The maximum absolute atomic E-state index is 13.7. The highest BCUT2D eigenvalue weighted by Crippen LogP contribution is 2.18. The van der Waals surface area contributed by atoms with Crippen LogP contribution < -0.4 is 11.1 Å². The van der Waals surface area contributed by atoms with Gasteiger partial charge in [0, 0.05) is 18.3 Å². The van der Waals surface area contributed by atoms with E-state index in [4.69, 9.17) is 5.73 Å². The maximum atomic E-state index is 13.7. The fraction of sp³-hybridized carbons (Fsp3) is 0.312. The summed E-state index contributed by atoms with van der Waals surface area (Å²) >= 11 is 0. The third kappa shape index (κ3) is 3.42. The molecule has 21 heavy (non-hydrogen) atoms. The summed E-state index contributed by atoms with van der Waals surface area (Å²) in [6, 6.07) is 7.65. The van der Waals surface area contributed by atoms with Crippen molar-refractivity contribution in [2.75, 3.05) is 5.73 Å². The van der Waals surface area contributed by atoms with Gasteiger partial charge in [0.15, 0.2) is 0 Å². The molecule has 112 valence electrons. The fourth-order valence-electron chi connectivity index (χ4n) is 2.32. The minimum Gasteiger partial charge on any atom is -0.397 e. The normalized spacial score (nSPS) is 12.1. The van der Waals surface area contributed by atoms with E-state index in [1.165, 1.54) is 6.07 Å². The van der Waals surface area contributed by atoms with Crippen LogP contribution in [-0.2, 0) is 6.54 Å². The monoisotopic (exact) mass is 289 g/mol. The van der Waals surface area contributed by atoms with Crippen LogP contribution in [0.2, 0.25) is 0 Å². The predicted molar refractivity (Wildman–Crippen MR) is 81.4 cm³/mol. The Kier molecular flexibility index (Phi) is 4.62. The van der Waals surface area contributed by atoms with E-state index in [2.05, 4.69) is 5.32 Å². The summed E-state index contributed by atoms with van der Waals surface area (Å²) in [5, 5.41) is 2.81. The Morgan fingerprint density at radius 3 is 2.81 bits per heavy atom. The first-order valence-electron chi connectivity index (χ1n) is 7.03. The van der Waals surface area contributed by atoms with Gasteiger partial charge in [-0.15, -0.1) is 0 Å². The number of hydrogen-bond donors (Lipinski definition) is 2. The summed E-state index contributed by atoms with van der Waals surface area (Å²) in [5.41, 5.74) is 7.26. The molecule has 1 atom stereocenters. The number of aryl methyl sites for hydroxylation is 1. The highest BCUT2D eigenvalue weighted by molar-refractivity contribution is 5.94. The molecule has 0 fully saturated rings. The van der Waals surface area contributed by atoms with E-state index in [-0.39, 0.29) is 11.7 Å². The molecule has 1 unspecified atom stereocenters. The van der Waals surface area contributed by atoms with Crippen molar-refractivity contribution < 1.29 is 9.18 Å². The molecule has 0 saturated carbocycles. The van der Waals surface area contributed by atoms with E-state index in [0.29, 0.717) is 23.5 Å².